The van der Waals surface area contributed by atoms with Crippen LogP contribution < -0.4 is 15.1 Å². The first-order valence-corrected chi connectivity index (χ1v) is 11.3. The lowest BCUT2D eigenvalue weighted by atomic mass is 9.97. The lowest BCUT2D eigenvalue weighted by molar-refractivity contribution is -0.131. The van der Waals surface area contributed by atoms with Gasteiger partial charge in [0, 0.05) is 29.4 Å². The van der Waals surface area contributed by atoms with Crippen LogP contribution in [-0.4, -0.2) is 31.6 Å². The van der Waals surface area contributed by atoms with Gasteiger partial charge in [0.25, 0.3) is 0 Å². The molecule has 2 aromatic carbocycles. The molecule has 0 saturated heterocycles. The van der Waals surface area contributed by atoms with Gasteiger partial charge in [-0.1, -0.05) is 0 Å². The molecule has 7 nitrogen and oxygen atoms in total. The van der Waals surface area contributed by atoms with Crippen LogP contribution in [0.4, 0.5) is 0 Å². The Morgan fingerprint density at radius 2 is 1.68 bits per heavy atom. The van der Waals surface area contributed by atoms with Crippen molar-refractivity contribution in [3.63, 3.8) is 0 Å². The number of hydrogen-bond acceptors (Lipinski definition) is 6. The van der Waals surface area contributed by atoms with E-state index in [0.29, 0.717) is 42.2 Å². The van der Waals surface area contributed by atoms with Gasteiger partial charge in [-0.05, 0) is 67.6 Å². The fourth-order valence-electron chi connectivity index (χ4n) is 4.88. The van der Waals surface area contributed by atoms with Crippen LogP contribution in [0.3, 0.4) is 0 Å². The number of benzene rings is 2. The molecule has 0 aliphatic carbocycles. The number of furan rings is 1. The number of nitrogens with zero attached hydrogens (tertiary/aromatic N) is 1. The van der Waals surface area contributed by atoms with Crippen LogP contribution in [0.25, 0.3) is 21.9 Å². The molecule has 0 bridgehead atoms. The van der Waals surface area contributed by atoms with Gasteiger partial charge in [-0.3, -0.25) is 4.79 Å². The number of hydrogen-bond donors (Lipinski definition) is 0. The summed E-state index contributed by atoms with van der Waals surface area (Å²) in [5, 5.41) is 1.81. The summed E-state index contributed by atoms with van der Waals surface area (Å²) >= 11 is 0. The van der Waals surface area contributed by atoms with Crippen molar-refractivity contribution in [2.45, 2.75) is 40.2 Å². The lowest BCUT2D eigenvalue weighted by Crippen LogP contribution is -2.37. The Morgan fingerprint density at radius 3 is 2.38 bits per heavy atom. The maximum absolute atomic E-state index is 13.3. The van der Waals surface area contributed by atoms with Crippen LogP contribution in [0.5, 0.6) is 11.5 Å². The molecule has 3 heterocycles. The number of methoxy groups -OCH3 is 2. The van der Waals surface area contributed by atoms with Crippen LogP contribution in [0.2, 0.25) is 0 Å². The smallest absolute Gasteiger partial charge is 0.340 e. The molecule has 1 amide bonds. The zero-order valence-electron chi connectivity index (χ0n) is 20.0. The van der Waals surface area contributed by atoms with Crippen LogP contribution in [0.1, 0.15) is 33.4 Å². The molecule has 0 atom stereocenters. The quantitative estimate of drug-likeness (QED) is 0.413. The van der Waals surface area contributed by atoms with Gasteiger partial charge in [0.2, 0.25) is 5.91 Å². The Bertz CT molecular complexity index is 1510. The molecular formula is C27H27NO6. The highest BCUT2D eigenvalue weighted by Crippen LogP contribution is 2.34. The summed E-state index contributed by atoms with van der Waals surface area (Å²) in [5.74, 6) is 1.22. The second kappa shape index (κ2) is 8.24. The Kier molecular flexibility index (Phi) is 5.35. The van der Waals surface area contributed by atoms with Crippen LogP contribution in [0, 0.1) is 20.8 Å². The molecule has 5 rings (SSSR count). The molecule has 1 aliphatic rings. The number of amides is 1. The Morgan fingerprint density at radius 1 is 0.971 bits per heavy atom. The Hall–Kier alpha value is -3.74. The van der Waals surface area contributed by atoms with E-state index >= 15 is 0 Å². The molecule has 176 valence electrons. The first-order valence-electron chi connectivity index (χ1n) is 11.3. The zero-order chi connectivity index (χ0) is 24.1. The van der Waals surface area contributed by atoms with E-state index in [1.165, 1.54) is 0 Å². The molecule has 2 aromatic heterocycles. The van der Waals surface area contributed by atoms with Gasteiger partial charge in [-0.2, -0.15) is 0 Å². The summed E-state index contributed by atoms with van der Waals surface area (Å²) in [5.41, 5.74) is 5.88. The Labute approximate surface area is 196 Å². The predicted octanol–water partition coefficient (Wildman–Crippen LogP) is 4.61. The minimum absolute atomic E-state index is 0.00577. The standard InChI is InChI=1S/C27H27NO6/c1-14-13-33-25-16(3)26-20(10-19(14)25)15(2)21(27(30)34-26)11-24(29)28-7-6-17-8-22(31-4)23(32-5)9-18(17)12-28/h8-10,13H,6-7,11-12H2,1-5H3. The number of fused-ring (bicyclic) bond motifs is 3. The topological polar surface area (TPSA) is 82.1 Å². The molecule has 0 radical (unpaired) electrons. The van der Waals surface area contributed by atoms with E-state index in [0.717, 1.165) is 44.2 Å². The first-order chi connectivity index (χ1) is 16.3. The van der Waals surface area contributed by atoms with Crippen molar-refractivity contribution in [3.8, 4) is 11.5 Å². The van der Waals surface area contributed by atoms with Gasteiger partial charge >= 0.3 is 5.63 Å². The molecule has 0 spiro atoms. The molecule has 4 aromatic rings. The average molecular weight is 462 g/mol. The van der Waals surface area contributed by atoms with E-state index in [-0.39, 0.29) is 12.3 Å². The Balaban J connectivity index is 1.48. The van der Waals surface area contributed by atoms with E-state index in [9.17, 15) is 9.59 Å². The van der Waals surface area contributed by atoms with E-state index in [2.05, 4.69) is 0 Å². The number of carbonyl (C=O) groups excluding carboxylic acids is 1. The van der Waals surface area contributed by atoms with Crippen molar-refractivity contribution < 1.29 is 23.1 Å². The number of carbonyl (C=O) groups is 1. The number of ether oxygens (including phenoxy) is 2. The maximum Gasteiger partial charge on any atom is 0.340 e. The van der Waals surface area contributed by atoms with E-state index < -0.39 is 5.63 Å². The first kappa shape index (κ1) is 22.1. The number of rotatable bonds is 4. The highest BCUT2D eigenvalue weighted by atomic mass is 16.5. The van der Waals surface area contributed by atoms with Gasteiger partial charge < -0.3 is 23.2 Å². The fourth-order valence-corrected chi connectivity index (χ4v) is 4.88. The third-order valence-electron chi connectivity index (χ3n) is 6.93. The largest absolute Gasteiger partial charge is 0.493 e. The third-order valence-corrected chi connectivity index (χ3v) is 6.93. The van der Waals surface area contributed by atoms with Crippen LogP contribution >= 0.6 is 0 Å². The second-order valence-corrected chi connectivity index (χ2v) is 8.88. The summed E-state index contributed by atoms with van der Waals surface area (Å²) in [6.45, 7) is 6.78. The molecule has 0 unspecified atom stereocenters. The van der Waals surface area contributed by atoms with Gasteiger partial charge in [0.15, 0.2) is 11.5 Å². The molecule has 0 N–H and O–H groups in total. The summed E-state index contributed by atoms with van der Waals surface area (Å²) in [4.78, 5) is 28.0. The zero-order valence-corrected chi connectivity index (χ0v) is 20.0. The van der Waals surface area contributed by atoms with Crippen LogP contribution in [0.15, 0.2) is 38.1 Å². The molecule has 34 heavy (non-hydrogen) atoms. The highest BCUT2D eigenvalue weighted by molar-refractivity contribution is 6.00. The lowest BCUT2D eigenvalue weighted by Gasteiger charge is -2.30. The van der Waals surface area contributed by atoms with Crippen LogP contribution in [-0.2, 0) is 24.2 Å². The van der Waals surface area contributed by atoms with Crippen molar-refractivity contribution in [1.29, 1.82) is 0 Å². The molecule has 0 fully saturated rings. The molecule has 0 saturated carbocycles. The predicted molar refractivity (Wildman–Crippen MR) is 129 cm³/mol. The van der Waals surface area contributed by atoms with Crippen molar-refractivity contribution in [3.05, 3.63) is 68.3 Å². The molecule has 7 heteroatoms. The fraction of sp³-hybridized carbons (Fsp3) is 0.333. The van der Waals surface area contributed by atoms with E-state index in [1.54, 1.807) is 25.4 Å². The monoisotopic (exact) mass is 461 g/mol. The summed E-state index contributed by atoms with van der Waals surface area (Å²) in [6.07, 6.45) is 2.41. The van der Waals surface area contributed by atoms with Gasteiger partial charge in [-0.25, -0.2) is 4.79 Å². The van der Waals surface area contributed by atoms with Gasteiger partial charge in [-0.15, -0.1) is 0 Å². The normalized spacial score (nSPS) is 13.4. The molecule has 1 aliphatic heterocycles. The second-order valence-electron chi connectivity index (χ2n) is 8.88. The van der Waals surface area contributed by atoms with Crippen molar-refractivity contribution in [2.24, 2.45) is 0 Å². The summed E-state index contributed by atoms with van der Waals surface area (Å²) < 4.78 is 22.2. The van der Waals surface area contributed by atoms with E-state index in [1.807, 2.05) is 39.0 Å². The van der Waals surface area contributed by atoms with Crippen molar-refractivity contribution in [1.82, 2.24) is 4.90 Å². The minimum Gasteiger partial charge on any atom is -0.493 e. The van der Waals surface area contributed by atoms with Crippen molar-refractivity contribution in [2.75, 3.05) is 20.8 Å². The van der Waals surface area contributed by atoms with Crippen molar-refractivity contribution >= 4 is 27.8 Å². The maximum atomic E-state index is 13.3. The highest BCUT2D eigenvalue weighted by Gasteiger charge is 2.25. The minimum atomic E-state index is -0.479. The molecular weight excluding hydrogens is 434 g/mol. The van der Waals surface area contributed by atoms with Gasteiger partial charge in [0.05, 0.1) is 32.5 Å². The third kappa shape index (κ3) is 3.43. The van der Waals surface area contributed by atoms with E-state index in [4.69, 9.17) is 18.3 Å². The summed E-state index contributed by atoms with van der Waals surface area (Å²) in [6, 6.07) is 5.88. The SMILES string of the molecule is COc1cc2c(cc1OC)CN(C(=O)Cc1c(C)c3cc4c(C)coc4c(C)c3oc1=O)CC2. The average Bonchev–Trinajstić information content (AvgIpc) is 3.21. The summed E-state index contributed by atoms with van der Waals surface area (Å²) in [7, 11) is 3.21. The van der Waals surface area contributed by atoms with Gasteiger partial charge in [0.1, 0.15) is 11.2 Å². The number of aryl methyl sites for hydroxylation is 3.